The lowest BCUT2D eigenvalue weighted by Gasteiger charge is -2.10. The van der Waals surface area contributed by atoms with E-state index in [1.54, 1.807) is 12.4 Å². The Balaban J connectivity index is 0.00000256. The van der Waals surface area contributed by atoms with E-state index in [0.717, 1.165) is 34.0 Å². The number of aryl methyl sites for hydroxylation is 1. The summed E-state index contributed by atoms with van der Waals surface area (Å²) in [6.07, 6.45) is 3.30. The molecule has 4 nitrogen and oxygen atoms in total. The quantitative estimate of drug-likeness (QED) is 0.386. The number of hydrogen-bond acceptors (Lipinski definition) is 3. The first-order valence-electron chi connectivity index (χ1n) is 9.41. The summed E-state index contributed by atoms with van der Waals surface area (Å²) in [5.41, 5.74) is 4.02. The molecule has 2 heterocycles. The van der Waals surface area contributed by atoms with Gasteiger partial charge in [-0.1, -0.05) is 6.07 Å². The van der Waals surface area contributed by atoms with Crippen LogP contribution in [0.15, 0.2) is 60.9 Å². The van der Waals surface area contributed by atoms with Gasteiger partial charge in [-0.25, -0.2) is 8.78 Å². The van der Waals surface area contributed by atoms with Crippen LogP contribution in [0.4, 0.5) is 8.78 Å². The molecule has 0 radical (unpaired) electrons. The third kappa shape index (κ3) is 4.96. The minimum Gasteiger partial charge on any atom is -0.492 e. The highest BCUT2D eigenvalue weighted by Crippen LogP contribution is 2.26. The van der Waals surface area contributed by atoms with E-state index in [9.17, 15) is 8.78 Å². The second-order valence-corrected chi connectivity index (χ2v) is 6.90. The molecule has 2 N–H and O–H groups in total. The number of aromatic amines is 1. The van der Waals surface area contributed by atoms with Crippen molar-refractivity contribution >= 4 is 23.3 Å². The summed E-state index contributed by atoms with van der Waals surface area (Å²) in [6, 6.07) is 13.4. The van der Waals surface area contributed by atoms with Crippen LogP contribution >= 0.6 is 12.4 Å². The van der Waals surface area contributed by atoms with Gasteiger partial charge in [0.15, 0.2) is 0 Å². The van der Waals surface area contributed by atoms with Crippen molar-refractivity contribution in [2.45, 2.75) is 13.5 Å². The molecule has 0 fully saturated rings. The Morgan fingerprint density at radius 2 is 1.93 bits per heavy atom. The van der Waals surface area contributed by atoms with Crippen molar-refractivity contribution in [3.63, 3.8) is 0 Å². The molecular weight excluding hydrogens is 408 g/mol. The van der Waals surface area contributed by atoms with Crippen molar-refractivity contribution in [3.8, 4) is 16.9 Å². The van der Waals surface area contributed by atoms with Crippen molar-refractivity contribution in [1.29, 1.82) is 0 Å². The molecule has 4 aromatic rings. The van der Waals surface area contributed by atoms with Gasteiger partial charge in [-0.15, -0.1) is 12.4 Å². The van der Waals surface area contributed by atoms with E-state index in [2.05, 4.69) is 21.4 Å². The van der Waals surface area contributed by atoms with E-state index in [0.29, 0.717) is 30.8 Å². The summed E-state index contributed by atoms with van der Waals surface area (Å²) in [4.78, 5) is 7.47. The van der Waals surface area contributed by atoms with Gasteiger partial charge in [0.25, 0.3) is 0 Å². The molecule has 0 saturated carbocycles. The van der Waals surface area contributed by atoms with Crippen molar-refractivity contribution in [2.75, 3.05) is 13.2 Å². The number of hydrogen-bond donors (Lipinski definition) is 2. The molecule has 2 aromatic heterocycles. The predicted molar refractivity (Wildman–Crippen MR) is 117 cm³/mol. The summed E-state index contributed by atoms with van der Waals surface area (Å²) >= 11 is 0. The van der Waals surface area contributed by atoms with Crippen LogP contribution in [0.2, 0.25) is 0 Å². The first-order valence-corrected chi connectivity index (χ1v) is 9.41. The van der Waals surface area contributed by atoms with Crippen LogP contribution in [0.25, 0.3) is 22.0 Å². The summed E-state index contributed by atoms with van der Waals surface area (Å²) in [5, 5.41) is 4.37. The second kappa shape index (κ2) is 9.69. The zero-order chi connectivity index (χ0) is 20.2. The average molecular weight is 430 g/mol. The summed E-state index contributed by atoms with van der Waals surface area (Å²) in [7, 11) is 0. The molecule has 0 unspecified atom stereocenters. The van der Waals surface area contributed by atoms with Crippen LogP contribution in [0.5, 0.6) is 5.75 Å². The number of ether oxygens (including phenoxy) is 1. The molecule has 4 rings (SSSR count). The zero-order valence-corrected chi connectivity index (χ0v) is 17.2. The van der Waals surface area contributed by atoms with Crippen molar-refractivity contribution in [3.05, 3.63) is 83.8 Å². The number of nitrogens with one attached hydrogen (secondary N) is 2. The Morgan fingerprint density at radius 1 is 1.07 bits per heavy atom. The van der Waals surface area contributed by atoms with Gasteiger partial charge in [0.1, 0.15) is 24.0 Å². The molecule has 0 aliphatic carbocycles. The van der Waals surface area contributed by atoms with E-state index in [1.165, 1.54) is 12.1 Å². The number of halogens is 3. The van der Waals surface area contributed by atoms with Gasteiger partial charge >= 0.3 is 0 Å². The minimum atomic E-state index is -0.598. The lowest BCUT2D eigenvalue weighted by molar-refractivity contribution is 0.317. The number of benzene rings is 2. The molecule has 0 aliphatic rings. The fourth-order valence-electron chi connectivity index (χ4n) is 3.31. The maximum atomic E-state index is 14.0. The van der Waals surface area contributed by atoms with Crippen LogP contribution in [0.1, 0.15) is 11.3 Å². The maximum absolute atomic E-state index is 14.0. The third-order valence-electron chi connectivity index (χ3n) is 4.66. The molecule has 7 heteroatoms. The Hall–Kier alpha value is -2.96. The fourth-order valence-corrected chi connectivity index (χ4v) is 3.31. The highest BCUT2D eigenvalue weighted by atomic mass is 35.5. The SMILES string of the molecule is Cc1cc2c(OCCNCc3cncc(-c4ccc(F)cc4F)c3)cccc2[nH]1.Cl. The first-order chi connectivity index (χ1) is 14.1. The topological polar surface area (TPSA) is 49.9 Å². The smallest absolute Gasteiger partial charge is 0.133 e. The van der Waals surface area contributed by atoms with Gasteiger partial charge in [0.05, 0.1) is 0 Å². The number of fused-ring (bicyclic) bond motifs is 1. The van der Waals surface area contributed by atoms with Crippen LogP contribution in [-0.2, 0) is 6.54 Å². The van der Waals surface area contributed by atoms with Gasteiger partial charge < -0.3 is 15.0 Å². The Labute approximate surface area is 179 Å². The lowest BCUT2D eigenvalue weighted by atomic mass is 10.1. The van der Waals surface area contributed by atoms with Gasteiger partial charge in [-0.2, -0.15) is 0 Å². The second-order valence-electron chi connectivity index (χ2n) is 6.90. The third-order valence-corrected chi connectivity index (χ3v) is 4.66. The van der Waals surface area contributed by atoms with E-state index >= 15 is 0 Å². The molecule has 156 valence electrons. The maximum Gasteiger partial charge on any atom is 0.133 e. The van der Waals surface area contributed by atoms with Gasteiger partial charge in [-0.05, 0) is 48.9 Å². The average Bonchev–Trinajstić information content (AvgIpc) is 3.09. The number of pyridine rings is 1. The zero-order valence-electron chi connectivity index (χ0n) is 16.4. The molecule has 30 heavy (non-hydrogen) atoms. The van der Waals surface area contributed by atoms with Gasteiger partial charge in [-0.3, -0.25) is 4.98 Å². The minimum absolute atomic E-state index is 0. The molecule has 0 aliphatic heterocycles. The first kappa shape index (κ1) is 21.7. The molecule has 0 spiro atoms. The van der Waals surface area contributed by atoms with Crippen LogP contribution in [0.3, 0.4) is 0 Å². The number of H-pyrrole nitrogens is 1. The van der Waals surface area contributed by atoms with E-state index in [1.807, 2.05) is 31.2 Å². The van der Waals surface area contributed by atoms with Crippen LogP contribution in [-0.4, -0.2) is 23.1 Å². The molecule has 2 aromatic carbocycles. The van der Waals surface area contributed by atoms with E-state index < -0.39 is 11.6 Å². The van der Waals surface area contributed by atoms with Crippen LogP contribution < -0.4 is 10.1 Å². The molecule has 0 amide bonds. The van der Waals surface area contributed by atoms with E-state index in [4.69, 9.17) is 4.74 Å². The summed E-state index contributed by atoms with van der Waals surface area (Å²) in [6.45, 7) is 3.75. The predicted octanol–water partition coefficient (Wildman–Crippen LogP) is 5.41. The highest BCUT2D eigenvalue weighted by Gasteiger charge is 2.08. The largest absolute Gasteiger partial charge is 0.492 e. The fraction of sp³-hybridized carbons (Fsp3) is 0.174. The van der Waals surface area contributed by atoms with Crippen molar-refractivity contribution in [2.24, 2.45) is 0 Å². The Kier molecular flexibility index (Phi) is 7.03. The van der Waals surface area contributed by atoms with Crippen molar-refractivity contribution < 1.29 is 13.5 Å². The molecular formula is C23H22ClF2N3O. The molecule has 0 atom stereocenters. The van der Waals surface area contributed by atoms with Gasteiger partial charge in [0, 0.05) is 59.3 Å². The standard InChI is InChI=1S/C23H21F2N3O.ClH/c1-15-9-20-22(28-15)3-2-4-23(20)29-8-7-26-12-16-10-17(14-27-13-16)19-6-5-18(24)11-21(19)25;/h2-6,9-11,13-14,26,28H,7-8,12H2,1H3;1H. The number of nitrogens with zero attached hydrogens (tertiary/aromatic N) is 1. The molecule has 0 saturated heterocycles. The van der Waals surface area contributed by atoms with Gasteiger partial charge in [0.2, 0.25) is 0 Å². The lowest BCUT2D eigenvalue weighted by Crippen LogP contribution is -2.20. The van der Waals surface area contributed by atoms with E-state index in [-0.39, 0.29) is 12.4 Å². The van der Waals surface area contributed by atoms with Crippen molar-refractivity contribution in [1.82, 2.24) is 15.3 Å². The Bertz CT molecular complexity index is 1150. The number of aromatic nitrogens is 2. The normalized spacial score (nSPS) is 10.8. The highest BCUT2D eigenvalue weighted by molar-refractivity contribution is 5.86. The summed E-state index contributed by atoms with van der Waals surface area (Å²) in [5.74, 6) is -0.342. The van der Waals surface area contributed by atoms with Crippen LogP contribution in [0, 0.1) is 18.6 Å². The Morgan fingerprint density at radius 3 is 2.77 bits per heavy atom. The molecule has 0 bridgehead atoms. The monoisotopic (exact) mass is 429 g/mol. The summed E-state index contributed by atoms with van der Waals surface area (Å²) < 4.78 is 33.0. The number of rotatable bonds is 7.